The summed E-state index contributed by atoms with van der Waals surface area (Å²) in [7, 11) is 0. The van der Waals surface area contributed by atoms with Crippen LogP contribution in [0.25, 0.3) is 16.6 Å². The number of pyridine rings is 1. The van der Waals surface area contributed by atoms with Crippen molar-refractivity contribution in [3.8, 4) is 0 Å². The molecule has 4 rings (SSSR count). The van der Waals surface area contributed by atoms with Gasteiger partial charge in [-0.15, -0.1) is 0 Å². The van der Waals surface area contributed by atoms with Crippen LogP contribution in [-0.2, 0) is 11.3 Å². The molecule has 24 heavy (non-hydrogen) atoms. The van der Waals surface area contributed by atoms with Gasteiger partial charge >= 0.3 is 0 Å². The minimum atomic E-state index is -0.447. The van der Waals surface area contributed by atoms with Gasteiger partial charge in [-0.05, 0) is 18.2 Å². The Hall–Kier alpha value is -2.86. The second-order valence-corrected chi connectivity index (χ2v) is 5.86. The fourth-order valence-corrected chi connectivity index (χ4v) is 3.03. The Kier molecular flexibility index (Phi) is 3.46. The molecule has 6 nitrogen and oxygen atoms in total. The van der Waals surface area contributed by atoms with Crippen molar-refractivity contribution < 1.29 is 9.90 Å². The van der Waals surface area contributed by atoms with Gasteiger partial charge in [-0.3, -0.25) is 9.78 Å². The van der Waals surface area contributed by atoms with Gasteiger partial charge in [0, 0.05) is 25.4 Å². The van der Waals surface area contributed by atoms with Crippen LogP contribution in [0.5, 0.6) is 0 Å². The number of benzene rings is 1. The zero-order valence-electron chi connectivity index (χ0n) is 12.5. The van der Waals surface area contributed by atoms with E-state index in [2.05, 4.69) is 15.3 Å². The smallest absolute Gasteiger partial charge is 0.262 e. The molecule has 1 amide bonds. The maximum absolute atomic E-state index is 12.7. The molecule has 1 aliphatic heterocycles. The van der Waals surface area contributed by atoms with Gasteiger partial charge in [0.15, 0.2) is 0 Å². The molecule has 0 saturated heterocycles. The number of aromatic nitrogens is 3. The van der Waals surface area contributed by atoms with Gasteiger partial charge in [-0.2, -0.15) is 0 Å². The van der Waals surface area contributed by atoms with Crippen LogP contribution < -0.4 is 5.32 Å². The summed E-state index contributed by atoms with van der Waals surface area (Å²) in [6, 6.07) is 9.24. The van der Waals surface area contributed by atoms with Crippen molar-refractivity contribution in [2.75, 3.05) is 5.32 Å². The van der Waals surface area contributed by atoms with Gasteiger partial charge in [0.2, 0.25) is 0 Å². The molecule has 0 aliphatic carbocycles. The summed E-state index contributed by atoms with van der Waals surface area (Å²) in [5, 5.41) is 13.3. The Bertz CT molecular complexity index is 993. The van der Waals surface area contributed by atoms with E-state index in [9.17, 15) is 9.90 Å². The molecule has 7 heteroatoms. The first kappa shape index (κ1) is 14.7. The van der Waals surface area contributed by atoms with Crippen molar-refractivity contribution in [3.63, 3.8) is 0 Å². The molecule has 3 heterocycles. The Balaban J connectivity index is 1.78. The number of aliphatic hydroxyl groups excluding tert-OH is 1. The number of anilines is 1. The van der Waals surface area contributed by atoms with E-state index in [0.717, 1.165) is 11.0 Å². The maximum Gasteiger partial charge on any atom is 0.262 e. The van der Waals surface area contributed by atoms with Crippen LogP contribution in [0.3, 0.4) is 0 Å². The van der Waals surface area contributed by atoms with Crippen molar-refractivity contribution in [2.45, 2.75) is 13.0 Å². The fourth-order valence-electron chi connectivity index (χ4n) is 2.86. The Morgan fingerprint density at radius 2 is 2.12 bits per heavy atom. The Morgan fingerprint density at radius 1 is 1.29 bits per heavy atom. The number of imidazole rings is 1. The van der Waals surface area contributed by atoms with E-state index in [1.165, 1.54) is 12.4 Å². The van der Waals surface area contributed by atoms with Gasteiger partial charge in [0.25, 0.3) is 5.91 Å². The number of nitrogens with zero attached hydrogens (tertiary/aromatic N) is 3. The standard InChI is InChI=1S/C17H13ClN4O2/c18-10-9-19-7-5-11(10)21-17(24)15-14(23)6-8-22-13-4-2-1-3-12(13)20-16(15)22/h1-5,7,9,23H,6,8H2,(H,19,21,24). The normalized spacial score (nSPS) is 13.9. The topological polar surface area (TPSA) is 80.0 Å². The second-order valence-electron chi connectivity index (χ2n) is 5.46. The van der Waals surface area contributed by atoms with Crippen LogP contribution in [-0.4, -0.2) is 25.5 Å². The summed E-state index contributed by atoms with van der Waals surface area (Å²) in [6.07, 6.45) is 3.35. The number of hydrogen-bond acceptors (Lipinski definition) is 4. The van der Waals surface area contributed by atoms with Crippen molar-refractivity contribution in [3.05, 3.63) is 59.3 Å². The lowest BCUT2D eigenvalue weighted by Crippen LogP contribution is -2.22. The monoisotopic (exact) mass is 340 g/mol. The van der Waals surface area contributed by atoms with E-state index in [0.29, 0.717) is 29.5 Å². The summed E-state index contributed by atoms with van der Waals surface area (Å²) < 4.78 is 1.94. The van der Waals surface area contributed by atoms with Crippen LogP contribution in [0.15, 0.2) is 48.5 Å². The first-order chi connectivity index (χ1) is 11.6. The van der Waals surface area contributed by atoms with Crippen molar-refractivity contribution in [1.29, 1.82) is 0 Å². The largest absolute Gasteiger partial charge is 0.511 e. The maximum atomic E-state index is 12.7. The third-order valence-electron chi connectivity index (χ3n) is 3.99. The lowest BCUT2D eigenvalue weighted by molar-refractivity contribution is -0.111. The highest BCUT2D eigenvalue weighted by molar-refractivity contribution is 6.35. The predicted octanol–water partition coefficient (Wildman–Crippen LogP) is 3.40. The van der Waals surface area contributed by atoms with Gasteiger partial charge < -0.3 is 15.0 Å². The van der Waals surface area contributed by atoms with Gasteiger partial charge in [0.05, 0.1) is 21.7 Å². The minimum Gasteiger partial charge on any atom is -0.511 e. The molecule has 0 unspecified atom stereocenters. The quantitative estimate of drug-likeness (QED) is 0.749. The third kappa shape index (κ3) is 2.32. The van der Waals surface area contributed by atoms with Gasteiger partial charge in [0.1, 0.15) is 17.2 Å². The molecule has 0 saturated carbocycles. The number of rotatable bonds is 2. The molecule has 0 radical (unpaired) electrons. The number of nitrogens with one attached hydrogen (secondary N) is 1. The molecule has 2 N–H and O–H groups in total. The molecule has 0 atom stereocenters. The number of fused-ring (bicyclic) bond motifs is 3. The summed E-state index contributed by atoms with van der Waals surface area (Å²) in [5.74, 6) is 0.0416. The number of aliphatic hydroxyl groups is 1. The predicted molar refractivity (Wildman–Crippen MR) is 91.8 cm³/mol. The van der Waals surface area contributed by atoms with E-state index in [1.54, 1.807) is 6.07 Å². The van der Waals surface area contributed by atoms with Crippen LogP contribution in [0, 0.1) is 0 Å². The van der Waals surface area contributed by atoms with E-state index in [1.807, 2.05) is 28.8 Å². The van der Waals surface area contributed by atoms with Crippen molar-refractivity contribution in [1.82, 2.24) is 14.5 Å². The molecule has 0 fully saturated rings. The van der Waals surface area contributed by atoms with E-state index in [-0.39, 0.29) is 11.3 Å². The second kappa shape index (κ2) is 5.65. The highest BCUT2D eigenvalue weighted by Gasteiger charge is 2.28. The molecule has 0 bridgehead atoms. The Labute approximate surface area is 142 Å². The van der Waals surface area contributed by atoms with Crippen LogP contribution in [0.1, 0.15) is 12.2 Å². The zero-order valence-corrected chi connectivity index (χ0v) is 13.3. The lowest BCUT2D eigenvalue weighted by Gasteiger charge is -2.18. The summed E-state index contributed by atoms with van der Waals surface area (Å²) in [5.41, 5.74) is 2.33. The fraction of sp³-hybridized carbons (Fsp3) is 0.118. The summed E-state index contributed by atoms with van der Waals surface area (Å²) in [4.78, 5) is 21.1. The lowest BCUT2D eigenvalue weighted by atomic mass is 10.1. The van der Waals surface area contributed by atoms with Crippen LogP contribution in [0.4, 0.5) is 5.69 Å². The molecular weight excluding hydrogens is 328 g/mol. The minimum absolute atomic E-state index is 0.0282. The molecule has 2 aromatic heterocycles. The number of halogens is 1. The van der Waals surface area contributed by atoms with E-state index < -0.39 is 5.91 Å². The molecule has 120 valence electrons. The number of hydrogen-bond donors (Lipinski definition) is 2. The first-order valence-corrected chi connectivity index (χ1v) is 7.81. The molecule has 0 spiro atoms. The zero-order chi connectivity index (χ0) is 16.7. The third-order valence-corrected chi connectivity index (χ3v) is 4.29. The van der Waals surface area contributed by atoms with Crippen LogP contribution >= 0.6 is 11.6 Å². The molecule has 1 aromatic carbocycles. The molecule has 3 aromatic rings. The van der Waals surface area contributed by atoms with E-state index >= 15 is 0 Å². The highest BCUT2D eigenvalue weighted by Crippen LogP contribution is 2.31. The van der Waals surface area contributed by atoms with Crippen LogP contribution in [0.2, 0.25) is 5.02 Å². The number of carbonyl (C=O) groups is 1. The molecule has 1 aliphatic rings. The van der Waals surface area contributed by atoms with Gasteiger partial charge in [-0.1, -0.05) is 23.7 Å². The number of allylic oxidation sites excluding steroid dienone is 1. The number of aryl methyl sites for hydroxylation is 1. The summed E-state index contributed by atoms with van der Waals surface area (Å²) >= 11 is 6.03. The first-order valence-electron chi connectivity index (χ1n) is 7.44. The average Bonchev–Trinajstić information content (AvgIpc) is 2.95. The van der Waals surface area contributed by atoms with Gasteiger partial charge in [-0.25, -0.2) is 4.98 Å². The highest BCUT2D eigenvalue weighted by atomic mass is 35.5. The number of carbonyl (C=O) groups excluding carboxylic acids is 1. The van der Waals surface area contributed by atoms with Crippen molar-refractivity contribution >= 4 is 39.8 Å². The van der Waals surface area contributed by atoms with Crippen molar-refractivity contribution in [2.24, 2.45) is 0 Å². The number of para-hydroxylation sites is 2. The summed E-state index contributed by atoms with van der Waals surface area (Å²) in [6.45, 7) is 0.578. The molecular formula is C17H13ClN4O2. The average molecular weight is 341 g/mol. The Morgan fingerprint density at radius 3 is 2.96 bits per heavy atom. The number of amides is 1. The SMILES string of the molecule is O=C(Nc1ccncc1Cl)C1=C(O)CCn2c1nc1ccccc12. The van der Waals surface area contributed by atoms with E-state index in [4.69, 9.17) is 11.6 Å².